The lowest BCUT2D eigenvalue weighted by molar-refractivity contribution is -0.384. The molecule has 0 amide bonds. The molecule has 6 nitrogen and oxygen atoms in total. The molecule has 23 heavy (non-hydrogen) atoms. The van der Waals surface area contributed by atoms with E-state index in [1.54, 1.807) is 13.0 Å². The number of hydrogen-bond donors (Lipinski definition) is 0. The molecular formula is C17H14N2O4. The maximum atomic E-state index is 11.6. The monoisotopic (exact) mass is 310 g/mol. The van der Waals surface area contributed by atoms with Crippen LogP contribution in [-0.2, 0) is 16.3 Å². The number of hydrogen-bond acceptors (Lipinski definition) is 4. The Labute approximate surface area is 131 Å². The van der Waals surface area contributed by atoms with Crippen molar-refractivity contribution < 1.29 is 14.5 Å². The number of para-hydroxylation sites is 1. The van der Waals surface area contributed by atoms with Gasteiger partial charge in [-0.25, -0.2) is 4.79 Å². The third kappa shape index (κ3) is 2.55. The van der Waals surface area contributed by atoms with Crippen molar-refractivity contribution in [1.29, 1.82) is 0 Å². The van der Waals surface area contributed by atoms with E-state index in [1.165, 1.54) is 12.1 Å². The lowest BCUT2D eigenvalue weighted by Gasteiger charge is -2.08. The van der Waals surface area contributed by atoms with Gasteiger partial charge in [-0.2, -0.15) is 0 Å². The summed E-state index contributed by atoms with van der Waals surface area (Å²) in [4.78, 5) is 22.2. The minimum absolute atomic E-state index is 0.0213. The lowest BCUT2D eigenvalue weighted by Crippen LogP contribution is -2.09. The topological polar surface area (TPSA) is 74.4 Å². The summed E-state index contributed by atoms with van der Waals surface area (Å²) in [6, 6.07) is 12.2. The number of non-ortho nitro benzene ring substituents is 1. The molecule has 0 bridgehead atoms. The van der Waals surface area contributed by atoms with Crippen molar-refractivity contribution in [2.75, 3.05) is 0 Å². The van der Waals surface area contributed by atoms with E-state index in [4.69, 9.17) is 4.74 Å². The van der Waals surface area contributed by atoms with Gasteiger partial charge in [0.15, 0.2) is 6.73 Å². The van der Waals surface area contributed by atoms with Crippen LogP contribution in [0.5, 0.6) is 0 Å². The Morgan fingerprint density at radius 1 is 1.22 bits per heavy atom. The molecule has 3 rings (SSSR count). The highest BCUT2D eigenvalue weighted by molar-refractivity contribution is 6.08. The van der Waals surface area contributed by atoms with E-state index in [0.29, 0.717) is 5.57 Å². The van der Waals surface area contributed by atoms with E-state index in [0.717, 1.165) is 21.8 Å². The summed E-state index contributed by atoms with van der Waals surface area (Å²) in [5.41, 5.74) is 1.96. The fourth-order valence-electron chi connectivity index (χ4n) is 2.54. The summed E-state index contributed by atoms with van der Waals surface area (Å²) in [5, 5.41) is 12.6. The van der Waals surface area contributed by atoms with E-state index in [1.807, 2.05) is 28.8 Å². The van der Waals surface area contributed by atoms with Crippen molar-refractivity contribution in [1.82, 2.24) is 4.57 Å². The molecule has 0 spiro atoms. The van der Waals surface area contributed by atoms with E-state index >= 15 is 0 Å². The molecule has 6 heteroatoms. The van der Waals surface area contributed by atoms with Crippen molar-refractivity contribution >= 4 is 33.5 Å². The average molecular weight is 310 g/mol. The fraction of sp³-hybridized carbons (Fsp3) is 0.118. The molecule has 1 aromatic heterocycles. The minimum atomic E-state index is -0.474. The molecule has 0 saturated carbocycles. The van der Waals surface area contributed by atoms with Crippen LogP contribution in [0, 0.1) is 10.1 Å². The molecule has 2 aromatic carbocycles. The van der Waals surface area contributed by atoms with Gasteiger partial charge in [0, 0.05) is 28.5 Å². The Morgan fingerprint density at radius 2 is 1.91 bits per heavy atom. The Bertz CT molecular complexity index is 956. The number of rotatable bonds is 4. The third-order valence-electron chi connectivity index (χ3n) is 3.64. The van der Waals surface area contributed by atoms with Gasteiger partial charge in [0.2, 0.25) is 0 Å². The van der Waals surface area contributed by atoms with Crippen molar-refractivity contribution in [3.63, 3.8) is 0 Å². The number of esters is 1. The molecule has 0 aliphatic carbocycles. The summed E-state index contributed by atoms with van der Waals surface area (Å²) < 4.78 is 7.05. The Balaban J connectivity index is 2.16. The van der Waals surface area contributed by atoms with Gasteiger partial charge in [0.1, 0.15) is 0 Å². The first-order valence-electron chi connectivity index (χ1n) is 6.97. The molecule has 0 radical (unpaired) electrons. The zero-order valence-corrected chi connectivity index (χ0v) is 12.5. The summed E-state index contributed by atoms with van der Waals surface area (Å²) in [5.74, 6) is -0.474. The number of nitro groups is 1. The van der Waals surface area contributed by atoms with Crippen molar-refractivity contribution in [2.24, 2.45) is 0 Å². The molecule has 0 atom stereocenters. The maximum absolute atomic E-state index is 11.6. The van der Waals surface area contributed by atoms with Crippen LogP contribution in [0.15, 0.2) is 54.6 Å². The summed E-state index contributed by atoms with van der Waals surface area (Å²) in [7, 11) is 0. The number of fused-ring (bicyclic) bond motifs is 3. The van der Waals surface area contributed by atoms with Crippen molar-refractivity contribution in [2.45, 2.75) is 13.7 Å². The number of carbonyl (C=O) groups excluding carboxylic acids is 1. The van der Waals surface area contributed by atoms with Gasteiger partial charge in [-0.3, -0.25) is 10.1 Å². The summed E-state index contributed by atoms with van der Waals surface area (Å²) in [6.45, 7) is 5.15. The highest BCUT2D eigenvalue weighted by Crippen LogP contribution is 2.31. The fourth-order valence-corrected chi connectivity index (χ4v) is 2.54. The van der Waals surface area contributed by atoms with Gasteiger partial charge in [-0.15, -0.1) is 0 Å². The first-order valence-corrected chi connectivity index (χ1v) is 6.97. The highest BCUT2D eigenvalue weighted by Gasteiger charge is 2.15. The highest BCUT2D eigenvalue weighted by atomic mass is 16.6. The summed E-state index contributed by atoms with van der Waals surface area (Å²) in [6.07, 6.45) is 0. The van der Waals surface area contributed by atoms with Crippen LogP contribution in [0.1, 0.15) is 6.92 Å². The molecule has 0 N–H and O–H groups in total. The normalized spacial score (nSPS) is 10.8. The second-order valence-corrected chi connectivity index (χ2v) is 5.24. The van der Waals surface area contributed by atoms with Crippen LogP contribution in [0.3, 0.4) is 0 Å². The van der Waals surface area contributed by atoms with Crippen LogP contribution in [0.2, 0.25) is 0 Å². The van der Waals surface area contributed by atoms with Gasteiger partial charge < -0.3 is 9.30 Å². The van der Waals surface area contributed by atoms with Gasteiger partial charge in [0.25, 0.3) is 5.69 Å². The number of ether oxygens (including phenoxy) is 1. The minimum Gasteiger partial charge on any atom is -0.441 e. The zero-order chi connectivity index (χ0) is 16.6. The quantitative estimate of drug-likeness (QED) is 0.318. The molecule has 1 heterocycles. The second kappa shape index (κ2) is 5.57. The van der Waals surface area contributed by atoms with Gasteiger partial charge in [0.05, 0.1) is 16.0 Å². The molecule has 0 saturated heterocycles. The summed E-state index contributed by atoms with van der Waals surface area (Å²) >= 11 is 0. The maximum Gasteiger partial charge on any atom is 0.334 e. The molecule has 0 fully saturated rings. The lowest BCUT2D eigenvalue weighted by atomic mass is 10.1. The van der Waals surface area contributed by atoms with Crippen molar-refractivity contribution in [3.05, 3.63) is 64.7 Å². The van der Waals surface area contributed by atoms with Crippen LogP contribution >= 0.6 is 0 Å². The zero-order valence-electron chi connectivity index (χ0n) is 12.5. The molecule has 0 aliphatic heterocycles. The Kier molecular flexibility index (Phi) is 3.57. The van der Waals surface area contributed by atoms with Crippen molar-refractivity contribution in [3.8, 4) is 0 Å². The van der Waals surface area contributed by atoms with E-state index in [2.05, 4.69) is 6.58 Å². The molecule has 0 aliphatic rings. The second-order valence-electron chi connectivity index (χ2n) is 5.24. The first-order chi connectivity index (χ1) is 11.0. The number of aromatic nitrogens is 1. The van der Waals surface area contributed by atoms with E-state index in [9.17, 15) is 14.9 Å². The molecule has 116 valence electrons. The molecular weight excluding hydrogens is 296 g/mol. The van der Waals surface area contributed by atoms with Crippen LogP contribution in [0.4, 0.5) is 5.69 Å². The van der Waals surface area contributed by atoms with Gasteiger partial charge >= 0.3 is 5.97 Å². The van der Waals surface area contributed by atoms with E-state index < -0.39 is 10.9 Å². The molecule has 3 aromatic rings. The number of nitrogens with zero attached hydrogens (tertiary/aromatic N) is 2. The van der Waals surface area contributed by atoms with Gasteiger partial charge in [-0.05, 0) is 19.1 Å². The third-order valence-corrected chi connectivity index (χ3v) is 3.64. The van der Waals surface area contributed by atoms with Crippen LogP contribution < -0.4 is 0 Å². The number of nitro benzene ring substituents is 1. The predicted molar refractivity (Wildman–Crippen MR) is 87.0 cm³/mol. The molecule has 0 unspecified atom stereocenters. The first kappa shape index (κ1) is 14.8. The predicted octanol–water partition coefficient (Wildman–Crippen LogP) is 3.78. The largest absolute Gasteiger partial charge is 0.441 e. The van der Waals surface area contributed by atoms with E-state index in [-0.39, 0.29) is 12.4 Å². The van der Waals surface area contributed by atoms with Gasteiger partial charge in [-0.1, -0.05) is 24.8 Å². The number of benzene rings is 2. The number of carbonyl (C=O) groups is 1. The van der Waals surface area contributed by atoms with Crippen LogP contribution in [-0.4, -0.2) is 15.5 Å². The SMILES string of the molecule is C=C(C)C(=O)OCn1c2ccccc2c2cc([N+](=O)[O-])ccc21. The smallest absolute Gasteiger partial charge is 0.334 e. The van der Waals surface area contributed by atoms with Crippen LogP contribution in [0.25, 0.3) is 21.8 Å². The standard InChI is InChI=1S/C17H14N2O4/c1-11(2)17(20)23-10-18-15-6-4-3-5-13(15)14-9-12(19(21)22)7-8-16(14)18/h3-9H,1,10H2,2H3. The Morgan fingerprint density at radius 3 is 2.61 bits per heavy atom. The average Bonchev–Trinajstić information content (AvgIpc) is 2.85. The Hall–Kier alpha value is -3.15.